The molecule has 1 aliphatic rings. The summed E-state index contributed by atoms with van der Waals surface area (Å²) in [5, 5.41) is 9.43. The van der Waals surface area contributed by atoms with Crippen LogP contribution in [-0.4, -0.2) is 11.7 Å². The molecule has 0 radical (unpaired) electrons. The zero-order valence-corrected chi connectivity index (χ0v) is 9.22. The van der Waals surface area contributed by atoms with E-state index in [-0.39, 0.29) is 12.0 Å². The predicted octanol–water partition coefficient (Wildman–Crippen LogP) is 2.50. The number of aliphatic hydroxyl groups is 1. The van der Waals surface area contributed by atoms with Gasteiger partial charge in [0, 0.05) is 5.41 Å². The van der Waals surface area contributed by atoms with Crippen molar-refractivity contribution in [3.63, 3.8) is 0 Å². The maximum absolute atomic E-state index is 9.43. The third-order valence-electron chi connectivity index (χ3n) is 3.66. The lowest BCUT2D eigenvalue weighted by Crippen LogP contribution is -2.23. The molecular weight excluding hydrogens is 172 g/mol. The molecule has 0 saturated heterocycles. The van der Waals surface area contributed by atoms with E-state index in [4.69, 9.17) is 0 Å². The molecule has 0 fully saturated rings. The average molecular weight is 190 g/mol. The number of benzene rings is 1. The molecule has 0 bridgehead atoms. The number of hydrogen-bond donors (Lipinski definition) is 1. The van der Waals surface area contributed by atoms with E-state index in [1.165, 1.54) is 22.3 Å². The van der Waals surface area contributed by atoms with Gasteiger partial charge in [0.2, 0.25) is 0 Å². The highest BCUT2D eigenvalue weighted by Gasteiger charge is 2.33. The van der Waals surface area contributed by atoms with Crippen molar-refractivity contribution in [3.8, 4) is 0 Å². The van der Waals surface area contributed by atoms with Crippen molar-refractivity contribution < 1.29 is 5.11 Å². The fraction of sp³-hybridized carbons (Fsp3) is 0.538. The van der Waals surface area contributed by atoms with Gasteiger partial charge in [0.1, 0.15) is 0 Å². The van der Waals surface area contributed by atoms with E-state index in [2.05, 4.69) is 32.9 Å². The molecule has 0 spiro atoms. The highest BCUT2D eigenvalue weighted by atomic mass is 16.3. The molecule has 76 valence electrons. The van der Waals surface area contributed by atoms with E-state index in [1.807, 2.05) is 0 Å². The van der Waals surface area contributed by atoms with Crippen LogP contribution < -0.4 is 0 Å². The summed E-state index contributed by atoms with van der Waals surface area (Å²) in [6.07, 6.45) is 2.20. The van der Waals surface area contributed by atoms with Gasteiger partial charge in [0.25, 0.3) is 0 Å². The van der Waals surface area contributed by atoms with Crippen LogP contribution in [0.4, 0.5) is 0 Å². The fourth-order valence-corrected chi connectivity index (χ4v) is 2.35. The van der Waals surface area contributed by atoms with Crippen LogP contribution >= 0.6 is 0 Å². The van der Waals surface area contributed by atoms with Crippen LogP contribution in [-0.2, 0) is 11.8 Å². The monoisotopic (exact) mass is 190 g/mol. The Balaban J connectivity index is 2.56. The zero-order chi connectivity index (χ0) is 10.3. The molecule has 14 heavy (non-hydrogen) atoms. The SMILES string of the molecule is Cc1cc2c(cc1C)C(C)(CO)CC2. The maximum Gasteiger partial charge on any atom is 0.0525 e. The predicted molar refractivity (Wildman–Crippen MR) is 58.7 cm³/mol. The summed E-state index contributed by atoms with van der Waals surface area (Å²) in [6, 6.07) is 4.54. The number of rotatable bonds is 1. The van der Waals surface area contributed by atoms with Crippen LogP contribution in [0.2, 0.25) is 0 Å². The van der Waals surface area contributed by atoms with E-state index >= 15 is 0 Å². The molecule has 0 amide bonds. The van der Waals surface area contributed by atoms with Crippen molar-refractivity contribution in [2.24, 2.45) is 0 Å². The minimum atomic E-state index is 0.00773. The normalized spacial score (nSPS) is 25.1. The van der Waals surface area contributed by atoms with Crippen LogP contribution in [0.25, 0.3) is 0 Å². The van der Waals surface area contributed by atoms with Crippen LogP contribution in [0, 0.1) is 13.8 Å². The topological polar surface area (TPSA) is 20.2 Å². The number of fused-ring (bicyclic) bond motifs is 1. The van der Waals surface area contributed by atoms with Gasteiger partial charge in [-0.15, -0.1) is 0 Å². The summed E-state index contributed by atoms with van der Waals surface area (Å²) in [5.74, 6) is 0. The van der Waals surface area contributed by atoms with Gasteiger partial charge in [-0.2, -0.15) is 0 Å². The second kappa shape index (κ2) is 3.09. The fourth-order valence-electron chi connectivity index (χ4n) is 2.35. The molecule has 1 heteroatoms. The van der Waals surface area contributed by atoms with Gasteiger partial charge in [0.15, 0.2) is 0 Å². The van der Waals surface area contributed by atoms with E-state index in [0.29, 0.717) is 0 Å². The van der Waals surface area contributed by atoms with Crippen molar-refractivity contribution in [1.29, 1.82) is 0 Å². The van der Waals surface area contributed by atoms with Gasteiger partial charge in [-0.05, 0) is 48.9 Å². The lowest BCUT2D eigenvalue weighted by atomic mass is 9.84. The molecule has 1 unspecified atom stereocenters. The largest absolute Gasteiger partial charge is 0.395 e. The molecule has 0 aromatic heterocycles. The zero-order valence-electron chi connectivity index (χ0n) is 9.22. The molecule has 1 aliphatic carbocycles. The molecule has 1 nitrogen and oxygen atoms in total. The van der Waals surface area contributed by atoms with Crippen LogP contribution in [0.5, 0.6) is 0 Å². The molecule has 0 aliphatic heterocycles. The Bertz CT molecular complexity index is 368. The number of hydrogen-bond acceptors (Lipinski definition) is 1. The van der Waals surface area contributed by atoms with Gasteiger partial charge < -0.3 is 5.11 Å². The minimum absolute atomic E-state index is 0.00773. The summed E-state index contributed by atoms with van der Waals surface area (Å²) in [7, 11) is 0. The molecule has 1 atom stereocenters. The number of aliphatic hydroxyl groups excluding tert-OH is 1. The number of aryl methyl sites for hydroxylation is 3. The molecule has 2 rings (SSSR count). The summed E-state index contributed by atoms with van der Waals surface area (Å²) < 4.78 is 0. The Morgan fingerprint density at radius 1 is 1.29 bits per heavy atom. The highest BCUT2D eigenvalue weighted by molar-refractivity contribution is 5.44. The van der Waals surface area contributed by atoms with Crippen LogP contribution in [0.15, 0.2) is 12.1 Å². The van der Waals surface area contributed by atoms with E-state index in [9.17, 15) is 5.11 Å². The molecule has 0 saturated carbocycles. The van der Waals surface area contributed by atoms with Gasteiger partial charge in [-0.25, -0.2) is 0 Å². The molecule has 1 aromatic carbocycles. The summed E-state index contributed by atoms with van der Waals surface area (Å²) >= 11 is 0. The van der Waals surface area contributed by atoms with Gasteiger partial charge in [-0.1, -0.05) is 19.1 Å². The smallest absolute Gasteiger partial charge is 0.0525 e. The Labute approximate surface area is 85.8 Å². The molecular formula is C13H18O. The third kappa shape index (κ3) is 1.27. The quantitative estimate of drug-likeness (QED) is 0.721. The summed E-state index contributed by atoms with van der Waals surface area (Å²) in [6.45, 7) is 6.73. The van der Waals surface area contributed by atoms with Gasteiger partial charge in [0.05, 0.1) is 6.61 Å². The first-order valence-corrected chi connectivity index (χ1v) is 5.28. The standard InChI is InChI=1S/C13H18O/c1-9-6-11-4-5-13(3,8-14)12(11)7-10(9)2/h6-7,14H,4-5,8H2,1-3H3. The van der Waals surface area contributed by atoms with Gasteiger partial charge in [-0.3, -0.25) is 0 Å². The lowest BCUT2D eigenvalue weighted by molar-refractivity contribution is 0.205. The van der Waals surface area contributed by atoms with Gasteiger partial charge >= 0.3 is 0 Å². The van der Waals surface area contributed by atoms with Crippen molar-refractivity contribution >= 4 is 0 Å². The Kier molecular flexibility index (Phi) is 2.15. The second-order valence-corrected chi connectivity index (χ2v) is 4.81. The van der Waals surface area contributed by atoms with E-state index in [0.717, 1.165) is 12.8 Å². The third-order valence-corrected chi connectivity index (χ3v) is 3.66. The molecule has 1 aromatic rings. The maximum atomic E-state index is 9.43. The first kappa shape index (κ1) is 9.72. The van der Waals surface area contributed by atoms with Crippen molar-refractivity contribution in [2.75, 3.05) is 6.61 Å². The van der Waals surface area contributed by atoms with Crippen molar-refractivity contribution in [1.82, 2.24) is 0 Å². The minimum Gasteiger partial charge on any atom is -0.395 e. The van der Waals surface area contributed by atoms with Crippen molar-refractivity contribution in [2.45, 2.75) is 39.0 Å². The van der Waals surface area contributed by atoms with Crippen molar-refractivity contribution in [3.05, 3.63) is 34.4 Å². The van der Waals surface area contributed by atoms with E-state index in [1.54, 1.807) is 0 Å². The first-order valence-electron chi connectivity index (χ1n) is 5.28. The highest BCUT2D eigenvalue weighted by Crippen LogP contribution is 2.39. The summed E-state index contributed by atoms with van der Waals surface area (Å²) in [5.41, 5.74) is 5.51. The second-order valence-electron chi connectivity index (χ2n) is 4.81. The molecule has 1 N–H and O–H groups in total. The van der Waals surface area contributed by atoms with Crippen LogP contribution in [0.1, 0.15) is 35.6 Å². The lowest BCUT2D eigenvalue weighted by Gasteiger charge is -2.22. The summed E-state index contributed by atoms with van der Waals surface area (Å²) in [4.78, 5) is 0. The Morgan fingerprint density at radius 2 is 1.93 bits per heavy atom. The average Bonchev–Trinajstić information content (AvgIpc) is 2.47. The molecule has 0 heterocycles. The van der Waals surface area contributed by atoms with E-state index < -0.39 is 0 Å². The first-order chi connectivity index (χ1) is 6.57. The Hall–Kier alpha value is -0.820. The van der Waals surface area contributed by atoms with Crippen LogP contribution in [0.3, 0.4) is 0 Å². The Morgan fingerprint density at radius 3 is 2.57 bits per heavy atom.